The molecule has 0 amide bonds. The molecule has 2 N–H and O–H groups in total. The lowest BCUT2D eigenvalue weighted by molar-refractivity contribution is 0.263. The van der Waals surface area contributed by atoms with E-state index in [0.29, 0.717) is 12.7 Å². The topological polar surface area (TPSA) is 47.8 Å². The van der Waals surface area contributed by atoms with E-state index in [1.807, 2.05) is 19.1 Å². The van der Waals surface area contributed by atoms with E-state index in [2.05, 4.69) is 12.1 Å². The van der Waals surface area contributed by atoms with Crippen LogP contribution in [0.15, 0.2) is 24.3 Å². The van der Waals surface area contributed by atoms with Gasteiger partial charge in [0.1, 0.15) is 18.5 Å². The molecule has 0 aliphatic carbocycles. The van der Waals surface area contributed by atoms with Gasteiger partial charge in [-0.25, -0.2) is 0 Å². The normalized spacial score (nSPS) is 21.1. The molecule has 0 spiro atoms. The first-order chi connectivity index (χ1) is 7.24. The Morgan fingerprint density at radius 2 is 2.13 bits per heavy atom. The van der Waals surface area contributed by atoms with Crippen molar-refractivity contribution in [3.05, 3.63) is 29.8 Å². The molecule has 0 saturated carbocycles. The van der Waals surface area contributed by atoms with Gasteiger partial charge in [-0.05, 0) is 31.0 Å². The fraction of sp³-hybridized carbons (Fsp3) is 0.500. The van der Waals surface area contributed by atoms with Gasteiger partial charge >= 0.3 is 0 Å². The van der Waals surface area contributed by atoms with Gasteiger partial charge in [0.15, 0.2) is 0 Å². The monoisotopic (exact) mass is 207 g/mol. The summed E-state index contributed by atoms with van der Waals surface area (Å²) in [4.78, 5) is 0. The minimum absolute atomic E-state index is 0.205. The molecular weight excluding hydrogens is 190 g/mol. The molecular formula is C12H17NO2. The Morgan fingerprint density at radius 1 is 1.47 bits per heavy atom. The van der Waals surface area contributed by atoms with Crippen molar-refractivity contribution >= 4 is 0 Å². The smallest absolute Gasteiger partial charge is 0.119 e. The minimum Gasteiger partial charge on any atom is -0.491 e. The number of epoxide rings is 1. The molecule has 1 aliphatic heterocycles. The van der Waals surface area contributed by atoms with Crippen molar-refractivity contribution in [1.82, 2.24) is 0 Å². The van der Waals surface area contributed by atoms with Crippen LogP contribution >= 0.6 is 0 Å². The largest absolute Gasteiger partial charge is 0.491 e. The van der Waals surface area contributed by atoms with E-state index in [-0.39, 0.29) is 6.04 Å². The highest BCUT2D eigenvalue weighted by atomic mass is 16.6. The van der Waals surface area contributed by atoms with Crippen LogP contribution in [0.1, 0.15) is 12.5 Å². The third-order valence-corrected chi connectivity index (χ3v) is 2.32. The molecule has 1 aromatic carbocycles. The molecule has 2 rings (SSSR count). The van der Waals surface area contributed by atoms with E-state index < -0.39 is 0 Å². The molecule has 0 bridgehead atoms. The predicted octanol–water partition coefficient (Wildman–Crippen LogP) is 1.35. The van der Waals surface area contributed by atoms with Gasteiger partial charge in [-0.15, -0.1) is 0 Å². The summed E-state index contributed by atoms with van der Waals surface area (Å²) >= 11 is 0. The number of hydrogen-bond acceptors (Lipinski definition) is 3. The highest BCUT2D eigenvalue weighted by Crippen LogP contribution is 2.16. The van der Waals surface area contributed by atoms with Gasteiger partial charge in [-0.3, -0.25) is 0 Å². The SMILES string of the molecule is CC(N)Cc1ccc(OCC2CO2)cc1. The standard InChI is InChI=1S/C12H17NO2/c1-9(13)6-10-2-4-11(5-3-10)14-7-12-8-15-12/h2-5,9,12H,6-8,13H2,1H3. The highest BCUT2D eigenvalue weighted by molar-refractivity contribution is 5.27. The molecule has 3 heteroatoms. The molecule has 15 heavy (non-hydrogen) atoms. The summed E-state index contributed by atoms with van der Waals surface area (Å²) < 4.78 is 10.6. The lowest BCUT2D eigenvalue weighted by Gasteiger charge is -2.07. The molecule has 0 aromatic heterocycles. The van der Waals surface area contributed by atoms with Gasteiger partial charge in [0.05, 0.1) is 6.61 Å². The van der Waals surface area contributed by atoms with E-state index in [9.17, 15) is 0 Å². The Morgan fingerprint density at radius 3 is 2.67 bits per heavy atom. The van der Waals surface area contributed by atoms with Gasteiger partial charge < -0.3 is 15.2 Å². The van der Waals surface area contributed by atoms with Crippen LogP contribution in [0.4, 0.5) is 0 Å². The number of rotatable bonds is 5. The van der Waals surface area contributed by atoms with Crippen LogP contribution in [0.5, 0.6) is 5.75 Å². The average Bonchev–Trinajstić information content (AvgIpc) is 2.99. The predicted molar refractivity (Wildman–Crippen MR) is 59.0 cm³/mol. The average molecular weight is 207 g/mol. The summed E-state index contributed by atoms with van der Waals surface area (Å²) in [7, 11) is 0. The number of nitrogens with two attached hydrogens (primary N) is 1. The Bertz CT molecular complexity index is 304. The van der Waals surface area contributed by atoms with Gasteiger partial charge in [0, 0.05) is 6.04 Å². The van der Waals surface area contributed by atoms with Crippen molar-refractivity contribution < 1.29 is 9.47 Å². The fourth-order valence-electron chi connectivity index (χ4n) is 1.45. The maximum Gasteiger partial charge on any atom is 0.119 e. The van der Waals surface area contributed by atoms with Crippen molar-refractivity contribution in [2.24, 2.45) is 5.73 Å². The number of ether oxygens (including phenoxy) is 2. The maximum absolute atomic E-state index is 5.72. The lowest BCUT2D eigenvalue weighted by Crippen LogP contribution is -2.17. The summed E-state index contributed by atoms with van der Waals surface area (Å²) in [5.41, 5.74) is 6.97. The van der Waals surface area contributed by atoms with Crippen molar-refractivity contribution in [1.29, 1.82) is 0 Å². The molecule has 3 nitrogen and oxygen atoms in total. The van der Waals surface area contributed by atoms with Crippen molar-refractivity contribution in [2.75, 3.05) is 13.2 Å². The summed E-state index contributed by atoms with van der Waals surface area (Å²) in [6, 6.07) is 8.30. The number of benzene rings is 1. The maximum atomic E-state index is 5.72. The third kappa shape index (κ3) is 3.53. The Kier molecular flexibility index (Phi) is 3.23. The van der Waals surface area contributed by atoms with Gasteiger partial charge in [0.2, 0.25) is 0 Å². The van der Waals surface area contributed by atoms with Crippen LogP contribution in [0.3, 0.4) is 0 Å². The van der Waals surface area contributed by atoms with Gasteiger partial charge in [-0.1, -0.05) is 12.1 Å². The Labute approximate surface area is 90.2 Å². The first kappa shape index (κ1) is 10.5. The second kappa shape index (κ2) is 4.64. The van der Waals surface area contributed by atoms with Gasteiger partial charge in [-0.2, -0.15) is 0 Å². The van der Waals surface area contributed by atoms with Crippen LogP contribution in [-0.2, 0) is 11.2 Å². The Hall–Kier alpha value is -1.06. The van der Waals surface area contributed by atoms with Crippen LogP contribution in [0, 0.1) is 0 Å². The Balaban J connectivity index is 1.85. The fourth-order valence-corrected chi connectivity index (χ4v) is 1.45. The third-order valence-electron chi connectivity index (χ3n) is 2.32. The zero-order chi connectivity index (χ0) is 10.7. The van der Waals surface area contributed by atoms with Crippen molar-refractivity contribution in [3.8, 4) is 5.75 Å². The first-order valence-corrected chi connectivity index (χ1v) is 5.33. The quantitative estimate of drug-likeness (QED) is 0.741. The summed E-state index contributed by atoms with van der Waals surface area (Å²) in [6.45, 7) is 3.50. The van der Waals surface area contributed by atoms with Crippen LogP contribution in [0.25, 0.3) is 0 Å². The van der Waals surface area contributed by atoms with Crippen LogP contribution < -0.4 is 10.5 Å². The molecule has 1 aromatic rings. The number of hydrogen-bond donors (Lipinski definition) is 1. The highest BCUT2D eigenvalue weighted by Gasteiger charge is 2.22. The molecule has 2 unspecified atom stereocenters. The second-order valence-corrected chi connectivity index (χ2v) is 4.09. The van der Waals surface area contributed by atoms with Gasteiger partial charge in [0.25, 0.3) is 0 Å². The van der Waals surface area contributed by atoms with Crippen molar-refractivity contribution in [2.45, 2.75) is 25.5 Å². The first-order valence-electron chi connectivity index (χ1n) is 5.33. The molecule has 1 heterocycles. The molecule has 1 aliphatic rings. The molecule has 1 saturated heterocycles. The minimum atomic E-state index is 0.205. The summed E-state index contributed by atoms with van der Waals surface area (Å²) in [5, 5.41) is 0. The van der Waals surface area contributed by atoms with E-state index >= 15 is 0 Å². The van der Waals surface area contributed by atoms with E-state index in [1.165, 1.54) is 5.56 Å². The molecule has 1 fully saturated rings. The van der Waals surface area contributed by atoms with E-state index in [0.717, 1.165) is 18.8 Å². The zero-order valence-electron chi connectivity index (χ0n) is 8.98. The van der Waals surface area contributed by atoms with Crippen LogP contribution in [0.2, 0.25) is 0 Å². The lowest BCUT2D eigenvalue weighted by atomic mass is 10.1. The molecule has 2 atom stereocenters. The summed E-state index contributed by atoms with van der Waals surface area (Å²) in [5.74, 6) is 0.902. The second-order valence-electron chi connectivity index (χ2n) is 4.09. The molecule has 0 radical (unpaired) electrons. The van der Waals surface area contributed by atoms with Crippen molar-refractivity contribution in [3.63, 3.8) is 0 Å². The summed E-state index contributed by atoms with van der Waals surface area (Å²) in [6.07, 6.45) is 1.22. The zero-order valence-corrected chi connectivity index (χ0v) is 8.98. The van der Waals surface area contributed by atoms with E-state index in [4.69, 9.17) is 15.2 Å². The van der Waals surface area contributed by atoms with E-state index in [1.54, 1.807) is 0 Å². The molecule has 82 valence electrons. The van der Waals surface area contributed by atoms with Crippen LogP contribution in [-0.4, -0.2) is 25.4 Å².